The van der Waals surface area contributed by atoms with Gasteiger partial charge >= 0.3 is 5.97 Å². The van der Waals surface area contributed by atoms with Crippen LogP contribution < -0.4 is 5.32 Å². The molecule has 7 heteroatoms. The second kappa shape index (κ2) is 9.00. The maximum Gasteiger partial charge on any atom is 0.338 e. The van der Waals surface area contributed by atoms with Crippen molar-refractivity contribution in [2.45, 2.75) is 18.4 Å². The van der Waals surface area contributed by atoms with Crippen LogP contribution in [0.4, 0.5) is 0 Å². The van der Waals surface area contributed by atoms with E-state index in [-0.39, 0.29) is 5.56 Å². The smallest absolute Gasteiger partial charge is 0.338 e. The molecule has 1 aromatic carbocycles. The Hall–Kier alpha value is -1.14. The molecule has 114 valence electrons. The third-order valence-corrected chi connectivity index (χ3v) is 3.76. The van der Waals surface area contributed by atoms with Gasteiger partial charge < -0.3 is 14.8 Å². The van der Waals surface area contributed by atoms with E-state index in [0.29, 0.717) is 27.2 Å². The van der Waals surface area contributed by atoms with Gasteiger partial charge in [0, 0.05) is 4.90 Å². The first-order valence-electron chi connectivity index (χ1n) is 6.10. The molecule has 0 fully saturated rings. The maximum absolute atomic E-state index is 10.4. The number of halogens is 2. The van der Waals surface area contributed by atoms with E-state index in [9.17, 15) is 4.79 Å². The number of hydrogen-bond donors (Lipinski definition) is 3. The summed E-state index contributed by atoms with van der Waals surface area (Å²) in [7, 11) is 0. The average molecular weight is 348 g/mol. The molecule has 0 spiro atoms. The van der Waals surface area contributed by atoms with Gasteiger partial charge in [-0.3, -0.25) is 0 Å². The van der Waals surface area contributed by atoms with Crippen molar-refractivity contribution in [2.75, 3.05) is 6.54 Å². The third kappa shape index (κ3) is 6.01. The SMILES string of the molecule is CCNCc1cc(C(=O)O)co1.Sc1c(Cl)cccc1Cl. The van der Waals surface area contributed by atoms with Crippen LogP contribution in [-0.4, -0.2) is 17.6 Å². The fourth-order valence-electron chi connectivity index (χ4n) is 1.32. The van der Waals surface area contributed by atoms with E-state index in [2.05, 4.69) is 17.9 Å². The molecular weight excluding hydrogens is 333 g/mol. The van der Waals surface area contributed by atoms with E-state index in [0.717, 1.165) is 6.54 Å². The normalized spacial score (nSPS) is 9.90. The Bertz CT molecular complexity index is 581. The van der Waals surface area contributed by atoms with Gasteiger partial charge in [0.1, 0.15) is 12.0 Å². The third-order valence-electron chi connectivity index (χ3n) is 2.39. The Morgan fingerprint density at radius 1 is 1.38 bits per heavy atom. The van der Waals surface area contributed by atoms with Crippen molar-refractivity contribution in [1.29, 1.82) is 0 Å². The van der Waals surface area contributed by atoms with Crippen molar-refractivity contribution in [3.63, 3.8) is 0 Å². The van der Waals surface area contributed by atoms with Gasteiger partial charge in [0.05, 0.1) is 22.2 Å². The molecule has 2 rings (SSSR count). The highest BCUT2D eigenvalue weighted by molar-refractivity contribution is 7.80. The van der Waals surface area contributed by atoms with E-state index >= 15 is 0 Å². The van der Waals surface area contributed by atoms with Crippen LogP contribution >= 0.6 is 35.8 Å². The van der Waals surface area contributed by atoms with Gasteiger partial charge in [-0.05, 0) is 24.7 Å². The molecule has 0 amide bonds. The molecule has 1 aromatic heterocycles. The number of nitrogens with one attached hydrogen (secondary N) is 1. The summed E-state index contributed by atoms with van der Waals surface area (Å²) < 4.78 is 4.98. The number of thiol groups is 1. The molecule has 0 aliphatic rings. The molecule has 2 N–H and O–H groups in total. The molecule has 0 radical (unpaired) electrons. The zero-order chi connectivity index (χ0) is 15.8. The van der Waals surface area contributed by atoms with Crippen LogP contribution in [0.5, 0.6) is 0 Å². The molecule has 1 heterocycles. The lowest BCUT2D eigenvalue weighted by Crippen LogP contribution is -2.10. The predicted octanol–water partition coefficient (Wildman–Crippen LogP) is 4.37. The first-order valence-corrected chi connectivity index (χ1v) is 7.30. The van der Waals surface area contributed by atoms with Crippen LogP contribution in [0.1, 0.15) is 23.0 Å². The Labute approximate surface area is 138 Å². The van der Waals surface area contributed by atoms with E-state index in [1.165, 1.54) is 12.3 Å². The fourth-order valence-corrected chi connectivity index (χ4v) is 1.87. The number of aromatic carboxylic acids is 1. The summed E-state index contributed by atoms with van der Waals surface area (Å²) in [5.41, 5.74) is 0.197. The van der Waals surface area contributed by atoms with Gasteiger partial charge in [-0.15, -0.1) is 12.6 Å². The van der Waals surface area contributed by atoms with Crippen LogP contribution in [-0.2, 0) is 6.54 Å². The Balaban J connectivity index is 0.000000219. The largest absolute Gasteiger partial charge is 0.478 e. The van der Waals surface area contributed by atoms with Crippen LogP contribution in [0.3, 0.4) is 0 Å². The van der Waals surface area contributed by atoms with Crippen molar-refractivity contribution >= 4 is 41.8 Å². The van der Waals surface area contributed by atoms with Crippen LogP contribution in [0.2, 0.25) is 10.0 Å². The molecule has 0 aliphatic carbocycles. The van der Waals surface area contributed by atoms with Gasteiger partial charge in [0.15, 0.2) is 0 Å². The first kappa shape index (κ1) is 17.9. The summed E-state index contributed by atoms with van der Waals surface area (Å²) in [6.07, 6.45) is 1.25. The Morgan fingerprint density at radius 3 is 2.43 bits per heavy atom. The number of carbonyl (C=O) groups is 1. The zero-order valence-corrected chi connectivity index (χ0v) is 13.7. The Morgan fingerprint density at radius 2 is 2.00 bits per heavy atom. The predicted molar refractivity (Wildman–Crippen MR) is 86.8 cm³/mol. The molecule has 4 nitrogen and oxygen atoms in total. The summed E-state index contributed by atoms with van der Waals surface area (Å²) in [6, 6.07) is 6.79. The molecule has 0 bridgehead atoms. The van der Waals surface area contributed by atoms with E-state index in [1.54, 1.807) is 18.2 Å². The molecule has 21 heavy (non-hydrogen) atoms. The highest BCUT2D eigenvalue weighted by atomic mass is 35.5. The summed E-state index contributed by atoms with van der Waals surface area (Å²) in [5.74, 6) is -0.309. The number of furan rings is 1. The number of benzene rings is 1. The molecule has 0 atom stereocenters. The Kier molecular flexibility index (Phi) is 7.67. The summed E-state index contributed by atoms with van der Waals surface area (Å²) >= 11 is 15.4. The van der Waals surface area contributed by atoms with Crippen LogP contribution in [0.25, 0.3) is 0 Å². The van der Waals surface area contributed by atoms with E-state index < -0.39 is 5.97 Å². The minimum Gasteiger partial charge on any atom is -0.478 e. The number of rotatable bonds is 4. The highest BCUT2D eigenvalue weighted by Gasteiger charge is 2.06. The quantitative estimate of drug-likeness (QED) is 0.718. The van der Waals surface area contributed by atoms with Crippen LogP contribution in [0, 0.1) is 0 Å². The lowest BCUT2D eigenvalue weighted by molar-refractivity contribution is 0.0696. The molecule has 0 saturated heterocycles. The molecule has 0 saturated carbocycles. The van der Waals surface area contributed by atoms with Crippen molar-refractivity contribution < 1.29 is 14.3 Å². The monoisotopic (exact) mass is 347 g/mol. The average Bonchev–Trinajstić information content (AvgIpc) is 2.92. The zero-order valence-electron chi connectivity index (χ0n) is 11.3. The fraction of sp³-hybridized carbons (Fsp3) is 0.214. The van der Waals surface area contributed by atoms with Gasteiger partial charge in [-0.2, -0.15) is 0 Å². The second-order valence-electron chi connectivity index (χ2n) is 3.96. The number of hydrogen-bond acceptors (Lipinski definition) is 4. The van der Waals surface area contributed by atoms with Crippen molar-refractivity contribution in [3.8, 4) is 0 Å². The first-order chi connectivity index (χ1) is 9.95. The van der Waals surface area contributed by atoms with Gasteiger partial charge in [-0.25, -0.2) is 4.79 Å². The minimum absolute atomic E-state index is 0.197. The number of carboxylic acids is 1. The van der Waals surface area contributed by atoms with Crippen molar-refractivity contribution in [3.05, 3.63) is 51.9 Å². The van der Waals surface area contributed by atoms with Gasteiger partial charge in [-0.1, -0.05) is 36.2 Å². The summed E-state index contributed by atoms with van der Waals surface area (Å²) in [6.45, 7) is 3.38. The van der Waals surface area contributed by atoms with Crippen molar-refractivity contribution in [2.24, 2.45) is 0 Å². The summed E-state index contributed by atoms with van der Waals surface area (Å²) in [4.78, 5) is 11.0. The van der Waals surface area contributed by atoms with Gasteiger partial charge in [0.2, 0.25) is 0 Å². The molecule has 0 unspecified atom stereocenters. The van der Waals surface area contributed by atoms with Crippen LogP contribution in [0.15, 0.2) is 39.8 Å². The number of carboxylic acid groups (broad SMARTS) is 1. The standard InChI is InChI=1S/C8H11NO3.C6H4Cl2S/c1-2-9-4-7-3-6(5-12-7)8(10)11;7-4-2-1-3-5(8)6(4)9/h3,5,9H,2,4H2,1H3,(H,10,11);1-3,9H. The van der Waals surface area contributed by atoms with Gasteiger partial charge in [0.25, 0.3) is 0 Å². The van der Waals surface area contributed by atoms with E-state index in [1.807, 2.05) is 6.92 Å². The molecular formula is C14H15Cl2NO3S. The second-order valence-corrected chi connectivity index (χ2v) is 5.22. The maximum atomic E-state index is 10.4. The minimum atomic E-state index is -0.957. The molecule has 2 aromatic rings. The van der Waals surface area contributed by atoms with E-state index in [4.69, 9.17) is 32.7 Å². The lowest BCUT2D eigenvalue weighted by Gasteiger charge is -1.95. The molecule has 0 aliphatic heterocycles. The summed E-state index contributed by atoms with van der Waals surface area (Å²) in [5, 5.41) is 12.8. The topological polar surface area (TPSA) is 62.5 Å². The highest BCUT2D eigenvalue weighted by Crippen LogP contribution is 2.26. The van der Waals surface area contributed by atoms with Crippen molar-refractivity contribution in [1.82, 2.24) is 5.32 Å². The lowest BCUT2D eigenvalue weighted by atomic mass is 10.3.